The molecule has 116 valence electrons. The number of carbonyl (C=O) groups excluding carboxylic acids is 1. The van der Waals surface area contributed by atoms with E-state index in [-0.39, 0.29) is 5.91 Å². The molecular weight excluding hydrogens is 286 g/mol. The zero-order valence-corrected chi connectivity index (χ0v) is 13.2. The highest BCUT2D eigenvalue weighted by Gasteiger charge is 2.26. The normalized spacial score (nSPS) is 17.6. The van der Waals surface area contributed by atoms with Crippen molar-refractivity contribution in [1.29, 1.82) is 5.26 Å². The van der Waals surface area contributed by atoms with Crippen molar-refractivity contribution >= 4 is 5.91 Å². The zero-order valence-electron chi connectivity index (χ0n) is 13.2. The van der Waals surface area contributed by atoms with E-state index < -0.39 is 0 Å². The van der Waals surface area contributed by atoms with Crippen molar-refractivity contribution in [2.45, 2.75) is 25.7 Å². The Morgan fingerprint density at radius 3 is 2.83 bits per heavy atom. The van der Waals surface area contributed by atoms with Crippen LogP contribution in [0.15, 0.2) is 42.6 Å². The van der Waals surface area contributed by atoms with E-state index in [1.165, 1.54) is 11.8 Å². The highest BCUT2D eigenvalue weighted by molar-refractivity contribution is 5.92. The fourth-order valence-corrected chi connectivity index (χ4v) is 3.11. The molecule has 4 heteroatoms. The second-order valence-corrected chi connectivity index (χ2v) is 6.00. The summed E-state index contributed by atoms with van der Waals surface area (Å²) in [4.78, 5) is 18.8. The van der Waals surface area contributed by atoms with Gasteiger partial charge in [0, 0.05) is 25.2 Å². The molecule has 1 fully saturated rings. The minimum absolute atomic E-state index is 0.0433. The van der Waals surface area contributed by atoms with Gasteiger partial charge in [0.05, 0.1) is 5.56 Å². The summed E-state index contributed by atoms with van der Waals surface area (Å²) in [5.41, 5.74) is 3.02. The van der Waals surface area contributed by atoms with Crippen LogP contribution >= 0.6 is 0 Å². The van der Waals surface area contributed by atoms with E-state index in [1.807, 2.05) is 30.0 Å². The average molecular weight is 305 g/mol. The molecule has 2 aromatic rings. The largest absolute Gasteiger partial charge is 0.337 e. The van der Waals surface area contributed by atoms with Gasteiger partial charge in [-0.2, -0.15) is 5.26 Å². The van der Waals surface area contributed by atoms with E-state index in [2.05, 4.69) is 23.2 Å². The molecule has 4 nitrogen and oxygen atoms in total. The number of rotatable bonds is 2. The molecular formula is C19H19N3O. The van der Waals surface area contributed by atoms with Gasteiger partial charge < -0.3 is 4.90 Å². The van der Waals surface area contributed by atoms with Crippen molar-refractivity contribution in [3.8, 4) is 6.07 Å². The summed E-state index contributed by atoms with van der Waals surface area (Å²) in [7, 11) is 0. The van der Waals surface area contributed by atoms with E-state index in [0.29, 0.717) is 17.2 Å². The Morgan fingerprint density at radius 1 is 1.35 bits per heavy atom. The van der Waals surface area contributed by atoms with Crippen LogP contribution < -0.4 is 0 Å². The number of likely N-dealkylation sites (tertiary alicyclic amines) is 1. The average Bonchev–Trinajstić information content (AvgIpc) is 2.62. The highest BCUT2D eigenvalue weighted by Crippen LogP contribution is 2.27. The fraction of sp³-hybridized carbons (Fsp3) is 0.316. The quantitative estimate of drug-likeness (QED) is 0.855. The number of hydrogen-bond acceptors (Lipinski definition) is 3. The predicted molar refractivity (Wildman–Crippen MR) is 88.0 cm³/mol. The number of benzene rings is 1. The molecule has 23 heavy (non-hydrogen) atoms. The van der Waals surface area contributed by atoms with Gasteiger partial charge >= 0.3 is 0 Å². The molecule has 0 N–H and O–H groups in total. The van der Waals surface area contributed by atoms with Crippen LogP contribution in [0.5, 0.6) is 0 Å². The first-order chi connectivity index (χ1) is 11.2. The molecule has 2 heterocycles. The number of carbonyl (C=O) groups is 1. The molecule has 3 rings (SSSR count). The van der Waals surface area contributed by atoms with Gasteiger partial charge in [-0.15, -0.1) is 0 Å². The molecule has 0 aliphatic carbocycles. The zero-order chi connectivity index (χ0) is 16.2. The van der Waals surface area contributed by atoms with Crippen LogP contribution in [0.4, 0.5) is 0 Å². The molecule has 1 aromatic heterocycles. The van der Waals surface area contributed by atoms with Gasteiger partial charge in [-0.1, -0.05) is 30.3 Å². The van der Waals surface area contributed by atoms with Crippen molar-refractivity contribution in [1.82, 2.24) is 9.88 Å². The van der Waals surface area contributed by atoms with Gasteiger partial charge in [0.2, 0.25) is 0 Å². The Morgan fingerprint density at radius 2 is 2.13 bits per heavy atom. The van der Waals surface area contributed by atoms with E-state index in [4.69, 9.17) is 5.26 Å². The summed E-state index contributed by atoms with van der Waals surface area (Å²) >= 11 is 0. The molecule has 1 saturated heterocycles. The maximum absolute atomic E-state index is 12.7. The molecule has 0 spiro atoms. The molecule has 1 aliphatic heterocycles. The van der Waals surface area contributed by atoms with Gasteiger partial charge in [-0.25, -0.2) is 4.98 Å². The smallest absolute Gasteiger partial charge is 0.272 e. The van der Waals surface area contributed by atoms with Crippen LogP contribution in [0.25, 0.3) is 0 Å². The lowest BCUT2D eigenvalue weighted by atomic mass is 9.90. The third-order valence-corrected chi connectivity index (χ3v) is 4.43. The monoisotopic (exact) mass is 305 g/mol. The van der Waals surface area contributed by atoms with Gasteiger partial charge in [-0.05, 0) is 37.0 Å². The number of pyridine rings is 1. The maximum Gasteiger partial charge on any atom is 0.272 e. The van der Waals surface area contributed by atoms with Gasteiger partial charge in [0.15, 0.2) is 0 Å². The summed E-state index contributed by atoms with van der Waals surface area (Å²) in [6.45, 7) is 3.33. The molecule has 1 unspecified atom stereocenters. The number of nitrogens with zero attached hydrogens (tertiary/aromatic N) is 3. The maximum atomic E-state index is 12.7. The van der Waals surface area contributed by atoms with Gasteiger partial charge in [-0.3, -0.25) is 4.79 Å². The number of piperidine rings is 1. The lowest BCUT2D eigenvalue weighted by molar-refractivity contribution is 0.0701. The minimum atomic E-state index is -0.0433. The van der Waals surface area contributed by atoms with Gasteiger partial charge in [0.1, 0.15) is 11.8 Å². The third-order valence-electron chi connectivity index (χ3n) is 4.43. The fourth-order valence-electron chi connectivity index (χ4n) is 3.11. The summed E-state index contributed by atoms with van der Waals surface area (Å²) in [5.74, 6) is 0.339. The first-order valence-electron chi connectivity index (χ1n) is 7.90. The van der Waals surface area contributed by atoms with E-state index >= 15 is 0 Å². The highest BCUT2D eigenvalue weighted by atomic mass is 16.2. The first-order valence-corrected chi connectivity index (χ1v) is 7.90. The molecule has 0 radical (unpaired) electrons. The Balaban J connectivity index is 1.77. The summed E-state index contributed by atoms with van der Waals surface area (Å²) in [6.07, 6.45) is 3.59. The molecule has 0 saturated carbocycles. The topological polar surface area (TPSA) is 57.0 Å². The second kappa shape index (κ2) is 6.62. The van der Waals surface area contributed by atoms with Crippen molar-refractivity contribution in [3.05, 3.63) is 65.0 Å². The minimum Gasteiger partial charge on any atom is -0.337 e. The van der Waals surface area contributed by atoms with Crippen molar-refractivity contribution in [2.75, 3.05) is 13.1 Å². The van der Waals surface area contributed by atoms with E-state index in [9.17, 15) is 4.79 Å². The van der Waals surface area contributed by atoms with Crippen LogP contribution in [0.3, 0.4) is 0 Å². The number of aromatic nitrogens is 1. The van der Waals surface area contributed by atoms with Gasteiger partial charge in [0.25, 0.3) is 5.91 Å². The number of nitriles is 1. The molecule has 1 amide bonds. The number of aryl methyl sites for hydroxylation is 1. The lowest BCUT2D eigenvalue weighted by Gasteiger charge is -2.33. The Bertz CT molecular complexity index is 749. The third kappa shape index (κ3) is 3.24. The second-order valence-electron chi connectivity index (χ2n) is 6.00. The standard InChI is InChI=1S/C19H19N3O/c1-14-10-18(21-12-17(14)11-20)19(23)22-9-5-8-16(13-22)15-6-3-2-4-7-15/h2-4,6-7,10,12,16H,5,8-9,13H2,1H3. The van der Waals surface area contributed by atoms with E-state index in [0.717, 1.165) is 31.5 Å². The molecule has 1 aliphatic rings. The lowest BCUT2D eigenvalue weighted by Crippen LogP contribution is -2.39. The number of hydrogen-bond donors (Lipinski definition) is 0. The Hall–Kier alpha value is -2.67. The SMILES string of the molecule is Cc1cc(C(=O)N2CCCC(c3ccccc3)C2)ncc1C#N. The van der Waals surface area contributed by atoms with Crippen LogP contribution in [-0.4, -0.2) is 28.9 Å². The van der Waals surface area contributed by atoms with Crippen molar-refractivity contribution in [3.63, 3.8) is 0 Å². The van der Waals surface area contributed by atoms with Crippen LogP contribution in [0.2, 0.25) is 0 Å². The van der Waals surface area contributed by atoms with Crippen LogP contribution in [0, 0.1) is 18.3 Å². The summed E-state index contributed by atoms with van der Waals surface area (Å²) in [6, 6.07) is 14.2. The Kier molecular flexibility index (Phi) is 4.38. The Labute approximate surface area is 136 Å². The summed E-state index contributed by atoms with van der Waals surface area (Å²) in [5, 5.41) is 8.97. The predicted octanol–water partition coefficient (Wildman–Crippen LogP) is 3.28. The molecule has 0 bridgehead atoms. The van der Waals surface area contributed by atoms with Crippen molar-refractivity contribution in [2.24, 2.45) is 0 Å². The molecule has 1 aromatic carbocycles. The molecule has 1 atom stereocenters. The first kappa shape index (κ1) is 15.2. The van der Waals surface area contributed by atoms with Crippen molar-refractivity contribution < 1.29 is 4.79 Å². The number of amides is 1. The van der Waals surface area contributed by atoms with E-state index in [1.54, 1.807) is 6.07 Å². The van der Waals surface area contributed by atoms with Crippen LogP contribution in [-0.2, 0) is 0 Å². The summed E-state index contributed by atoms with van der Waals surface area (Å²) < 4.78 is 0. The van der Waals surface area contributed by atoms with Crippen LogP contribution in [0.1, 0.15) is 45.9 Å².